The summed E-state index contributed by atoms with van der Waals surface area (Å²) in [4.78, 5) is 26.6. The number of nitrogens with one attached hydrogen (secondary N) is 1. The van der Waals surface area contributed by atoms with Crippen molar-refractivity contribution < 1.29 is 14.3 Å². The maximum absolute atomic E-state index is 12.6. The molecule has 1 N–H and O–H groups in total. The van der Waals surface area contributed by atoms with Crippen molar-refractivity contribution in [3.8, 4) is 0 Å². The largest absolute Gasteiger partial charge is 0.467 e. The average molecular weight is 396 g/mol. The van der Waals surface area contributed by atoms with Crippen LogP contribution in [0.1, 0.15) is 30.6 Å². The summed E-state index contributed by atoms with van der Waals surface area (Å²) < 4.78 is 4.82. The lowest BCUT2D eigenvalue weighted by atomic mass is 9.99. The number of carbonyl (C=O) groups is 2. The van der Waals surface area contributed by atoms with Crippen molar-refractivity contribution in [3.05, 3.63) is 54.1 Å². The summed E-state index contributed by atoms with van der Waals surface area (Å²) >= 11 is 0. The minimum atomic E-state index is -0.696. The molecule has 0 saturated carbocycles. The molecule has 0 bridgehead atoms. The number of amides is 1. The molecule has 0 saturated heterocycles. The summed E-state index contributed by atoms with van der Waals surface area (Å²) in [5.74, 6) is -0.850. The second-order valence-electron chi connectivity index (χ2n) is 7.02. The van der Waals surface area contributed by atoms with Crippen LogP contribution >= 0.6 is 0 Å². The standard InChI is InChI=1S/C22H28N4O3/c1-6-15(2)20(22(28)29-5)23-21(27)16-8-7-9-18(14-16)25-24-17-10-12-19(13-11-17)26(3)4/h7-15,20H,6H2,1-5H3,(H,23,27)/t15-,20-/m0/s1. The van der Waals surface area contributed by atoms with Gasteiger partial charge in [0, 0.05) is 25.3 Å². The van der Waals surface area contributed by atoms with Gasteiger partial charge < -0.3 is 15.0 Å². The van der Waals surface area contributed by atoms with Gasteiger partial charge in [-0.2, -0.15) is 10.2 Å². The van der Waals surface area contributed by atoms with Crippen LogP contribution in [0.4, 0.5) is 17.1 Å². The second-order valence-corrected chi connectivity index (χ2v) is 7.02. The lowest BCUT2D eigenvalue weighted by Crippen LogP contribution is -2.45. The van der Waals surface area contributed by atoms with E-state index in [1.54, 1.807) is 24.3 Å². The van der Waals surface area contributed by atoms with Crippen molar-refractivity contribution >= 4 is 28.9 Å². The first-order valence-corrected chi connectivity index (χ1v) is 9.53. The van der Waals surface area contributed by atoms with E-state index in [1.807, 2.05) is 57.1 Å². The predicted octanol–water partition coefficient (Wildman–Crippen LogP) is 4.49. The quantitative estimate of drug-likeness (QED) is 0.526. The molecule has 2 atom stereocenters. The molecule has 0 spiro atoms. The van der Waals surface area contributed by atoms with Crippen molar-refractivity contribution in [1.29, 1.82) is 0 Å². The summed E-state index contributed by atoms with van der Waals surface area (Å²) in [7, 11) is 5.26. The third kappa shape index (κ3) is 6.14. The van der Waals surface area contributed by atoms with Gasteiger partial charge in [-0.05, 0) is 48.4 Å². The molecule has 29 heavy (non-hydrogen) atoms. The molecular formula is C22H28N4O3. The third-order valence-electron chi connectivity index (χ3n) is 4.71. The Morgan fingerprint density at radius 3 is 2.31 bits per heavy atom. The molecule has 1 amide bonds. The van der Waals surface area contributed by atoms with E-state index in [-0.39, 0.29) is 11.8 Å². The third-order valence-corrected chi connectivity index (χ3v) is 4.71. The molecule has 0 radical (unpaired) electrons. The highest BCUT2D eigenvalue weighted by molar-refractivity contribution is 5.97. The van der Waals surface area contributed by atoms with E-state index in [1.165, 1.54) is 7.11 Å². The van der Waals surface area contributed by atoms with E-state index in [4.69, 9.17) is 4.74 Å². The summed E-state index contributed by atoms with van der Waals surface area (Å²) in [6.45, 7) is 3.85. The van der Waals surface area contributed by atoms with E-state index in [0.717, 1.165) is 12.1 Å². The molecule has 0 unspecified atom stereocenters. The Hall–Kier alpha value is -3.22. The maximum atomic E-state index is 12.6. The van der Waals surface area contributed by atoms with Gasteiger partial charge in [-0.1, -0.05) is 26.3 Å². The van der Waals surface area contributed by atoms with Crippen LogP contribution in [0.3, 0.4) is 0 Å². The molecule has 0 fully saturated rings. The van der Waals surface area contributed by atoms with Crippen molar-refractivity contribution in [1.82, 2.24) is 5.32 Å². The first-order chi connectivity index (χ1) is 13.8. The SMILES string of the molecule is CC[C@H](C)[C@H](NC(=O)c1cccc(N=Nc2ccc(N(C)C)cc2)c1)C(=O)OC. The molecule has 7 heteroatoms. The van der Waals surface area contributed by atoms with Crippen LogP contribution in [0.5, 0.6) is 0 Å². The molecule has 2 aromatic carbocycles. The Bertz CT molecular complexity index is 863. The molecule has 0 aliphatic rings. The van der Waals surface area contributed by atoms with Crippen LogP contribution in [-0.2, 0) is 9.53 Å². The number of hydrogen-bond donors (Lipinski definition) is 1. The van der Waals surface area contributed by atoms with E-state index in [2.05, 4.69) is 15.5 Å². The molecule has 0 aliphatic heterocycles. The van der Waals surface area contributed by atoms with Crippen LogP contribution in [0.25, 0.3) is 0 Å². The first kappa shape index (κ1) is 22.1. The minimum absolute atomic E-state index is 0.0422. The monoisotopic (exact) mass is 396 g/mol. The van der Waals surface area contributed by atoms with E-state index in [0.29, 0.717) is 16.9 Å². The number of carbonyl (C=O) groups excluding carboxylic acids is 2. The fourth-order valence-corrected chi connectivity index (χ4v) is 2.66. The normalized spacial score (nSPS) is 13.0. The van der Waals surface area contributed by atoms with Gasteiger partial charge in [0.05, 0.1) is 18.5 Å². The minimum Gasteiger partial charge on any atom is -0.467 e. The average Bonchev–Trinajstić information content (AvgIpc) is 2.75. The highest BCUT2D eigenvalue weighted by Gasteiger charge is 2.27. The summed E-state index contributed by atoms with van der Waals surface area (Å²) in [6, 6.07) is 13.8. The van der Waals surface area contributed by atoms with Gasteiger partial charge in [0.15, 0.2) is 0 Å². The van der Waals surface area contributed by atoms with Crippen LogP contribution < -0.4 is 10.2 Å². The van der Waals surface area contributed by atoms with Gasteiger partial charge in [0.25, 0.3) is 5.91 Å². The lowest BCUT2D eigenvalue weighted by molar-refractivity contribution is -0.144. The Morgan fingerprint density at radius 1 is 1.07 bits per heavy atom. The number of anilines is 1. The number of ether oxygens (including phenoxy) is 1. The van der Waals surface area contributed by atoms with E-state index >= 15 is 0 Å². The fraction of sp³-hybridized carbons (Fsp3) is 0.364. The topological polar surface area (TPSA) is 83.4 Å². The molecular weight excluding hydrogens is 368 g/mol. The van der Waals surface area contributed by atoms with E-state index in [9.17, 15) is 9.59 Å². The molecule has 154 valence electrons. The summed E-state index contributed by atoms with van der Waals surface area (Å²) in [5, 5.41) is 11.2. The van der Waals surface area contributed by atoms with Crippen molar-refractivity contribution in [2.24, 2.45) is 16.1 Å². The zero-order valence-corrected chi connectivity index (χ0v) is 17.5. The van der Waals surface area contributed by atoms with Gasteiger partial charge in [-0.25, -0.2) is 4.79 Å². The number of rotatable bonds is 8. The Balaban J connectivity index is 2.13. The van der Waals surface area contributed by atoms with Crippen molar-refractivity contribution in [2.45, 2.75) is 26.3 Å². The Labute approximate surface area is 171 Å². The summed E-state index contributed by atoms with van der Waals surface area (Å²) in [6.07, 6.45) is 0.737. The highest BCUT2D eigenvalue weighted by atomic mass is 16.5. The summed E-state index contributed by atoms with van der Waals surface area (Å²) in [5.41, 5.74) is 2.74. The van der Waals surface area contributed by atoms with Crippen molar-refractivity contribution in [2.75, 3.05) is 26.1 Å². The molecule has 7 nitrogen and oxygen atoms in total. The van der Waals surface area contributed by atoms with Gasteiger partial charge in [0.2, 0.25) is 0 Å². The molecule has 0 heterocycles. The van der Waals surface area contributed by atoms with Gasteiger partial charge in [-0.3, -0.25) is 4.79 Å². The highest BCUT2D eigenvalue weighted by Crippen LogP contribution is 2.22. The van der Waals surface area contributed by atoms with Gasteiger partial charge in [0.1, 0.15) is 6.04 Å². The van der Waals surface area contributed by atoms with Gasteiger partial charge >= 0.3 is 5.97 Å². The molecule has 0 aliphatic carbocycles. The van der Waals surface area contributed by atoms with Crippen LogP contribution in [0.2, 0.25) is 0 Å². The number of hydrogen-bond acceptors (Lipinski definition) is 6. The smallest absolute Gasteiger partial charge is 0.328 e. The Kier molecular flexibility index (Phi) is 7.88. The van der Waals surface area contributed by atoms with Gasteiger partial charge in [-0.15, -0.1) is 0 Å². The number of nitrogens with zero attached hydrogens (tertiary/aromatic N) is 3. The van der Waals surface area contributed by atoms with Crippen LogP contribution in [-0.4, -0.2) is 39.1 Å². The number of benzene rings is 2. The Morgan fingerprint density at radius 2 is 1.72 bits per heavy atom. The predicted molar refractivity (Wildman–Crippen MR) is 114 cm³/mol. The zero-order valence-electron chi connectivity index (χ0n) is 17.5. The number of esters is 1. The number of methoxy groups -OCH3 is 1. The lowest BCUT2D eigenvalue weighted by Gasteiger charge is -2.21. The molecule has 2 rings (SSSR count). The number of azo groups is 1. The molecule has 0 aromatic heterocycles. The van der Waals surface area contributed by atoms with Crippen molar-refractivity contribution in [3.63, 3.8) is 0 Å². The fourth-order valence-electron chi connectivity index (χ4n) is 2.66. The van der Waals surface area contributed by atoms with Crippen LogP contribution in [0.15, 0.2) is 58.8 Å². The van der Waals surface area contributed by atoms with Crippen LogP contribution in [0, 0.1) is 5.92 Å². The second kappa shape index (κ2) is 10.4. The van der Waals surface area contributed by atoms with E-state index < -0.39 is 12.0 Å². The molecule has 2 aromatic rings. The first-order valence-electron chi connectivity index (χ1n) is 9.53. The zero-order chi connectivity index (χ0) is 21.4. The maximum Gasteiger partial charge on any atom is 0.328 e.